The lowest BCUT2D eigenvalue weighted by molar-refractivity contribution is 0.478. The van der Waals surface area contributed by atoms with Gasteiger partial charge in [-0.15, -0.1) is 11.3 Å². The largest absolute Gasteiger partial charge is 0.305 e. The van der Waals surface area contributed by atoms with Crippen LogP contribution in [0.15, 0.2) is 0 Å². The highest BCUT2D eigenvalue weighted by molar-refractivity contribution is 7.99. The van der Waals surface area contributed by atoms with Gasteiger partial charge in [0.15, 0.2) is 0 Å². The molecular weight excluding hydrogens is 224 g/mol. The zero-order valence-corrected chi connectivity index (χ0v) is 11.2. The van der Waals surface area contributed by atoms with Gasteiger partial charge in [0.2, 0.25) is 0 Å². The van der Waals surface area contributed by atoms with Gasteiger partial charge >= 0.3 is 0 Å². The van der Waals surface area contributed by atoms with Crippen molar-refractivity contribution in [1.29, 1.82) is 0 Å². The molecule has 2 heterocycles. The average Bonchev–Trinajstić information content (AvgIpc) is 2.75. The first kappa shape index (κ1) is 11.4. The smallest absolute Gasteiger partial charge is 0.0900 e. The molecule has 0 radical (unpaired) electrons. The van der Waals surface area contributed by atoms with Crippen molar-refractivity contribution in [3.63, 3.8) is 0 Å². The lowest BCUT2D eigenvalue weighted by Gasteiger charge is -2.17. The maximum atomic E-state index is 4.60. The van der Waals surface area contributed by atoms with Crippen molar-refractivity contribution in [3.05, 3.63) is 15.6 Å². The first-order valence-electron chi connectivity index (χ1n) is 5.44. The van der Waals surface area contributed by atoms with Crippen LogP contribution in [0.1, 0.15) is 35.0 Å². The monoisotopic (exact) mass is 242 g/mol. The van der Waals surface area contributed by atoms with E-state index in [4.69, 9.17) is 0 Å². The van der Waals surface area contributed by atoms with Gasteiger partial charge in [-0.3, -0.25) is 0 Å². The van der Waals surface area contributed by atoms with Crippen molar-refractivity contribution >= 4 is 23.1 Å². The topological polar surface area (TPSA) is 24.9 Å². The minimum Gasteiger partial charge on any atom is -0.305 e. The van der Waals surface area contributed by atoms with Crippen LogP contribution >= 0.6 is 23.1 Å². The van der Waals surface area contributed by atoms with Crippen LogP contribution in [-0.2, 0) is 0 Å². The molecular formula is C11H18N2S2. The number of thiazole rings is 1. The van der Waals surface area contributed by atoms with Gasteiger partial charge in [0.05, 0.1) is 10.7 Å². The van der Waals surface area contributed by atoms with E-state index in [1.807, 2.05) is 11.8 Å². The Morgan fingerprint density at radius 1 is 1.47 bits per heavy atom. The van der Waals surface area contributed by atoms with Crippen LogP contribution in [0.3, 0.4) is 0 Å². The molecule has 1 fully saturated rings. The molecule has 2 nitrogen and oxygen atoms in total. The third kappa shape index (κ3) is 2.74. The van der Waals surface area contributed by atoms with Gasteiger partial charge in [-0.05, 0) is 32.9 Å². The third-order valence-corrected chi connectivity index (χ3v) is 4.83. The number of aromatic nitrogens is 1. The fraction of sp³-hybridized carbons (Fsp3) is 0.727. The van der Waals surface area contributed by atoms with Gasteiger partial charge in [0.25, 0.3) is 0 Å². The summed E-state index contributed by atoms with van der Waals surface area (Å²) in [5.74, 6) is 2.56. The van der Waals surface area contributed by atoms with E-state index >= 15 is 0 Å². The Morgan fingerprint density at radius 3 is 2.80 bits per heavy atom. The van der Waals surface area contributed by atoms with E-state index in [9.17, 15) is 0 Å². The summed E-state index contributed by atoms with van der Waals surface area (Å²) >= 11 is 3.85. The molecule has 0 bridgehead atoms. The average molecular weight is 242 g/mol. The number of nitrogens with one attached hydrogen (secondary N) is 1. The Bertz CT molecular complexity index is 329. The molecule has 2 atom stereocenters. The summed E-state index contributed by atoms with van der Waals surface area (Å²) in [4.78, 5) is 5.96. The second kappa shape index (κ2) is 4.85. The van der Waals surface area contributed by atoms with Gasteiger partial charge < -0.3 is 5.32 Å². The zero-order valence-electron chi connectivity index (χ0n) is 9.54. The van der Waals surface area contributed by atoms with Crippen molar-refractivity contribution in [1.82, 2.24) is 10.3 Å². The Hall–Kier alpha value is -0.0600. The van der Waals surface area contributed by atoms with Gasteiger partial charge in [-0.25, -0.2) is 4.98 Å². The highest BCUT2D eigenvalue weighted by atomic mass is 32.2. The summed E-state index contributed by atoms with van der Waals surface area (Å²) in [5, 5.41) is 4.85. The van der Waals surface area contributed by atoms with Crippen LogP contribution in [0.4, 0.5) is 0 Å². The van der Waals surface area contributed by atoms with E-state index in [1.54, 1.807) is 11.3 Å². The second-order valence-electron chi connectivity index (χ2n) is 4.12. The Morgan fingerprint density at radius 2 is 2.27 bits per heavy atom. The first-order chi connectivity index (χ1) is 7.16. The van der Waals surface area contributed by atoms with E-state index in [1.165, 1.54) is 33.5 Å². The minimum atomic E-state index is 0.402. The molecule has 1 aliphatic heterocycles. The Labute approximate surface area is 99.9 Å². The molecule has 1 aromatic heterocycles. The van der Waals surface area contributed by atoms with Crippen molar-refractivity contribution in [2.45, 2.75) is 39.3 Å². The van der Waals surface area contributed by atoms with Crippen LogP contribution < -0.4 is 5.32 Å². The SMILES string of the molecule is Cc1nc(C(C)NC2CCSC2)c(C)s1. The molecule has 0 saturated carbocycles. The molecule has 84 valence electrons. The highest BCUT2D eigenvalue weighted by Crippen LogP contribution is 2.25. The van der Waals surface area contributed by atoms with E-state index in [-0.39, 0.29) is 0 Å². The normalized spacial score (nSPS) is 23.3. The maximum Gasteiger partial charge on any atom is 0.0900 e. The van der Waals surface area contributed by atoms with Crippen LogP contribution in [0, 0.1) is 13.8 Å². The number of nitrogens with zero attached hydrogens (tertiary/aromatic N) is 1. The predicted molar refractivity (Wildman–Crippen MR) is 68.9 cm³/mol. The van der Waals surface area contributed by atoms with Crippen LogP contribution in [0.5, 0.6) is 0 Å². The number of aryl methyl sites for hydroxylation is 2. The lowest BCUT2D eigenvalue weighted by Crippen LogP contribution is -2.31. The number of hydrogen-bond donors (Lipinski definition) is 1. The lowest BCUT2D eigenvalue weighted by atomic mass is 10.1. The summed E-state index contributed by atoms with van der Waals surface area (Å²) in [5.41, 5.74) is 1.24. The fourth-order valence-corrected chi connectivity index (χ4v) is 4.12. The summed E-state index contributed by atoms with van der Waals surface area (Å²) < 4.78 is 0. The predicted octanol–water partition coefficient (Wildman–Crippen LogP) is 2.92. The molecule has 0 spiro atoms. The Balaban J connectivity index is 2.00. The first-order valence-corrected chi connectivity index (χ1v) is 7.41. The van der Waals surface area contributed by atoms with Crippen LogP contribution in [0.2, 0.25) is 0 Å². The van der Waals surface area contributed by atoms with Crippen molar-refractivity contribution in [2.75, 3.05) is 11.5 Å². The zero-order chi connectivity index (χ0) is 10.8. The fourth-order valence-electron chi connectivity index (χ4n) is 2.05. The van der Waals surface area contributed by atoms with E-state index in [0.29, 0.717) is 12.1 Å². The van der Waals surface area contributed by atoms with E-state index in [0.717, 1.165) is 0 Å². The molecule has 15 heavy (non-hydrogen) atoms. The number of thioether (sulfide) groups is 1. The van der Waals surface area contributed by atoms with Crippen LogP contribution in [-0.4, -0.2) is 22.5 Å². The summed E-state index contributed by atoms with van der Waals surface area (Å²) in [6.45, 7) is 6.48. The number of rotatable bonds is 3. The van der Waals surface area contributed by atoms with Crippen LogP contribution in [0.25, 0.3) is 0 Å². The quantitative estimate of drug-likeness (QED) is 0.882. The van der Waals surface area contributed by atoms with Gasteiger partial charge in [0.1, 0.15) is 0 Å². The molecule has 2 unspecified atom stereocenters. The number of hydrogen-bond acceptors (Lipinski definition) is 4. The van der Waals surface area contributed by atoms with Gasteiger partial charge in [-0.1, -0.05) is 0 Å². The molecule has 0 aliphatic carbocycles. The van der Waals surface area contributed by atoms with Crippen molar-refractivity contribution < 1.29 is 0 Å². The van der Waals surface area contributed by atoms with E-state index < -0.39 is 0 Å². The van der Waals surface area contributed by atoms with Crippen molar-refractivity contribution in [3.8, 4) is 0 Å². The molecule has 1 aromatic rings. The standard InChI is InChI=1S/C11H18N2S2/c1-7(12-10-4-5-14-6-10)11-8(2)15-9(3)13-11/h7,10,12H,4-6H2,1-3H3. The molecule has 2 rings (SSSR count). The minimum absolute atomic E-state index is 0.402. The van der Waals surface area contributed by atoms with Gasteiger partial charge in [0, 0.05) is 22.7 Å². The summed E-state index contributed by atoms with van der Waals surface area (Å²) in [7, 11) is 0. The van der Waals surface area contributed by atoms with Gasteiger partial charge in [-0.2, -0.15) is 11.8 Å². The summed E-state index contributed by atoms with van der Waals surface area (Å²) in [6.07, 6.45) is 1.30. The molecule has 4 heteroatoms. The Kier molecular flexibility index (Phi) is 3.69. The van der Waals surface area contributed by atoms with E-state index in [2.05, 4.69) is 31.1 Å². The molecule has 1 N–H and O–H groups in total. The van der Waals surface area contributed by atoms with Crippen molar-refractivity contribution in [2.24, 2.45) is 0 Å². The molecule has 1 aliphatic rings. The third-order valence-electron chi connectivity index (χ3n) is 2.76. The molecule has 1 saturated heterocycles. The maximum absolute atomic E-state index is 4.60. The second-order valence-corrected chi connectivity index (χ2v) is 6.68. The molecule has 0 aromatic carbocycles. The summed E-state index contributed by atoms with van der Waals surface area (Å²) in [6, 6.07) is 1.09. The highest BCUT2D eigenvalue weighted by Gasteiger charge is 2.20. The molecule has 0 amide bonds.